The Bertz CT molecular complexity index is 1030. The van der Waals surface area contributed by atoms with Crippen molar-refractivity contribution < 1.29 is 4.74 Å². The predicted octanol–water partition coefficient (Wildman–Crippen LogP) is 2.18. The predicted molar refractivity (Wildman–Crippen MR) is 99.0 cm³/mol. The van der Waals surface area contributed by atoms with Crippen LogP contribution in [0, 0.1) is 0 Å². The maximum atomic E-state index is 12.8. The van der Waals surface area contributed by atoms with Gasteiger partial charge in [0.05, 0.1) is 6.20 Å². The number of hydrogen-bond acceptors (Lipinski definition) is 5. The molecule has 134 valence electrons. The van der Waals surface area contributed by atoms with Crippen LogP contribution in [-0.4, -0.2) is 38.9 Å². The number of anilines is 2. The SMILES string of the molecule is Cn1c(=O)n(C2CCOCC2)c2nc(N3CCc4ccccc43)ncc21. The highest BCUT2D eigenvalue weighted by Gasteiger charge is 2.26. The van der Waals surface area contributed by atoms with Crippen molar-refractivity contribution >= 4 is 22.8 Å². The second-order valence-electron chi connectivity index (χ2n) is 6.96. The highest BCUT2D eigenvalue weighted by molar-refractivity contribution is 5.74. The third kappa shape index (κ3) is 2.27. The second kappa shape index (κ2) is 5.95. The summed E-state index contributed by atoms with van der Waals surface area (Å²) in [4.78, 5) is 24.4. The van der Waals surface area contributed by atoms with Crippen LogP contribution >= 0.6 is 0 Å². The van der Waals surface area contributed by atoms with Gasteiger partial charge in [-0.05, 0) is 30.9 Å². The summed E-state index contributed by atoms with van der Waals surface area (Å²) in [6.45, 7) is 2.23. The molecule has 0 saturated carbocycles. The van der Waals surface area contributed by atoms with Crippen LogP contribution in [-0.2, 0) is 18.2 Å². The Balaban J connectivity index is 1.64. The van der Waals surface area contributed by atoms with Crippen molar-refractivity contribution in [1.82, 2.24) is 19.1 Å². The van der Waals surface area contributed by atoms with Gasteiger partial charge in [-0.2, -0.15) is 4.98 Å². The van der Waals surface area contributed by atoms with Gasteiger partial charge in [-0.25, -0.2) is 9.78 Å². The maximum absolute atomic E-state index is 12.8. The molecule has 26 heavy (non-hydrogen) atoms. The molecule has 1 fully saturated rings. The Kier molecular flexibility index (Phi) is 3.56. The molecule has 0 atom stereocenters. The smallest absolute Gasteiger partial charge is 0.330 e. The molecular formula is C19H21N5O2. The van der Waals surface area contributed by atoms with Crippen molar-refractivity contribution in [2.24, 2.45) is 7.05 Å². The van der Waals surface area contributed by atoms with Gasteiger partial charge >= 0.3 is 5.69 Å². The van der Waals surface area contributed by atoms with E-state index in [1.54, 1.807) is 17.8 Å². The van der Waals surface area contributed by atoms with Crippen molar-refractivity contribution in [2.75, 3.05) is 24.7 Å². The zero-order chi connectivity index (χ0) is 17.7. The first-order chi connectivity index (χ1) is 12.7. The molecule has 2 aromatic heterocycles. The van der Waals surface area contributed by atoms with Crippen molar-refractivity contribution in [3.63, 3.8) is 0 Å². The molecular weight excluding hydrogens is 330 g/mol. The van der Waals surface area contributed by atoms with Crippen molar-refractivity contribution in [3.8, 4) is 0 Å². The standard InChI is InChI=1S/C19H21N5O2/c1-22-16-12-20-18(23-9-6-13-4-2-3-5-15(13)23)21-17(16)24(19(22)25)14-7-10-26-11-8-14/h2-5,12,14H,6-11H2,1H3. The first-order valence-corrected chi connectivity index (χ1v) is 9.11. The van der Waals surface area contributed by atoms with E-state index in [1.165, 1.54) is 5.56 Å². The Hall–Kier alpha value is -2.67. The lowest BCUT2D eigenvalue weighted by molar-refractivity contribution is 0.0695. The number of para-hydroxylation sites is 1. The van der Waals surface area contributed by atoms with E-state index in [2.05, 4.69) is 28.1 Å². The average molecular weight is 351 g/mol. The summed E-state index contributed by atoms with van der Waals surface area (Å²) < 4.78 is 8.94. The Morgan fingerprint density at radius 2 is 2.00 bits per heavy atom. The van der Waals surface area contributed by atoms with Crippen LogP contribution in [0.2, 0.25) is 0 Å². The van der Waals surface area contributed by atoms with Gasteiger partial charge < -0.3 is 9.64 Å². The molecule has 0 spiro atoms. The molecule has 5 rings (SSSR count). The topological polar surface area (TPSA) is 65.2 Å². The van der Waals surface area contributed by atoms with Crippen LogP contribution in [0.15, 0.2) is 35.3 Å². The van der Waals surface area contributed by atoms with E-state index in [0.29, 0.717) is 19.2 Å². The Morgan fingerprint density at radius 1 is 1.19 bits per heavy atom. The first-order valence-electron chi connectivity index (χ1n) is 9.11. The fourth-order valence-corrected chi connectivity index (χ4v) is 4.08. The lowest BCUT2D eigenvalue weighted by Crippen LogP contribution is -2.30. The molecule has 7 heteroatoms. The van der Waals surface area contributed by atoms with Gasteiger partial charge in [0.1, 0.15) is 5.52 Å². The zero-order valence-electron chi connectivity index (χ0n) is 14.8. The molecule has 3 aromatic rings. The molecule has 1 aromatic carbocycles. The molecule has 0 aliphatic carbocycles. The molecule has 2 aliphatic rings. The van der Waals surface area contributed by atoms with Crippen molar-refractivity contribution in [1.29, 1.82) is 0 Å². The normalized spacial score (nSPS) is 17.8. The number of fused-ring (bicyclic) bond motifs is 2. The highest BCUT2D eigenvalue weighted by atomic mass is 16.5. The summed E-state index contributed by atoms with van der Waals surface area (Å²) in [5, 5.41) is 0. The lowest BCUT2D eigenvalue weighted by Gasteiger charge is -2.23. The third-order valence-corrected chi connectivity index (χ3v) is 5.50. The largest absolute Gasteiger partial charge is 0.381 e. The zero-order valence-corrected chi connectivity index (χ0v) is 14.8. The van der Waals surface area contributed by atoms with E-state index < -0.39 is 0 Å². The summed E-state index contributed by atoms with van der Waals surface area (Å²) in [5.74, 6) is 0.661. The molecule has 7 nitrogen and oxygen atoms in total. The minimum atomic E-state index is -0.0276. The number of ether oxygens (including phenoxy) is 1. The summed E-state index contributed by atoms with van der Waals surface area (Å²) in [7, 11) is 1.79. The van der Waals surface area contributed by atoms with Gasteiger partial charge in [-0.15, -0.1) is 0 Å². The quantitative estimate of drug-likeness (QED) is 0.708. The molecule has 0 N–H and O–H groups in total. The van der Waals surface area contributed by atoms with Crippen LogP contribution < -0.4 is 10.6 Å². The minimum absolute atomic E-state index is 0.0276. The van der Waals surface area contributed by atoms with Crippen LogP contribution in [0.4, 0.5) is 11.6 Å². The average Bonchev–Trinajstić information content (AvgIpc) is 3.22. The number of hydrogen-bond donors (Lipinski definition) is 0. The lowest BCUT2D eigenvalue weighted by atomic mass is 10.1. The number of imidazole rings is 1. The second-order valence-corrected chi connectivity index (χ2v) is 6.96. The molecule has 2 aliphatic heterocycles. The Morgan fingerprint density at radius 3 is 2.85 bits per heavy atom. The summed E-state index contributed by atoms with van der Waals surface area (Å²) in [6.07, 6.45) is 4.44. The highest BCUT2D eigenvalue weighted by Crippen LogP contribution is 2.33. The number of benzene rings is 1. The van der Waals surface area contributed by atoms with Crippen molar-refractivity contribution in [3.05, 3.63) is 46.5 Å². The van der Waals surface area contributed by atoms with Crippen LogP contribution in [0.1, 0.15) is 24.4 Å². The maximum Gasteiger partial charge on any atom is 0.330 e. The van der Waals surface area contributed by atoms with E-state index in [4.69, 9.17) is 9.72 Å². The summed E-state index contributed by atoms with van der Waals surface area (Å²) in [5.41, 5.74) is 3.94. The number of aryl methyl sites for hydroxylation is 1. The molecule has 0 bridgehead atoms. The third-order valence-electron chi connectivity index (χ3n) is 5.50. The van der Waals surface area contributed by atoms with Crippen LogP contribution in [0.5, 0.6) is 0 Å². The van der Waals surface area contributed by atoms with Gasteiger partial charge in [-0.1, -0.05) is 18.2 Å². The molecule has 0 amide bonds. The van der Waals surface area contributed by atoms with Crippen LogP contribution in [0.3, 0.4) is 0 Å². The number of aromatic nitrogens is 4. The number of nitrogens with zero attached hydrogens (tertiary/aromatic N) is 5. The van der Waals surface area contributed by atoms with Gasteiger partial charge in [0.25, 0.3) is 0 Å². The first kappa shape index (κ1) is 15.6. The van der Waals surface area contributed by atoms with Gasteiger partial charge in [-0.3, -0.25) is 9.13 Å². The van der Waals surface area contributed by atoms with E-state index in [1.807, 2.05) is 10.6 Å². The fourth-order valence-electron chi connectivity index (χ4n) is 4.08. The summed E-state index contributed by atoms with van der Waals surface area (Å²) in [6, 6.07) is 8.48. The van der Waals surface area contributed by atoms with Gasteiger partial charge in [0, 0.05) is 38.5 Å². The minimum Gasteiger partial charge on any atom is -0.381 e. The fraction of sp³-hybridized carbons (Fsp3) is 0.421. The summed E-state index contributed by atoms with van der Waals surface area (Å²) >= 11 is 0. The van der Waals surface area contributed by atoms with E-state index in [9.17, 15) is 4.79 Å². The monoisotopic (exact) mass is 351 g/mol. The molecule has 1 saturated heterocycles. The van der Waals surface area contributed by atoms with E-state index >= 15 is 0 Å². The Labute approximate surface area is 150 Å². The molecule has 0 radical (unpaired) electrons. The van der Waals surface area contributed by atoms with E-state index in [0.717, 1.165) is 42.7 Å². The van der Waals surface area contributed by atoms with E-state index in [-0.39, 0.29) is 11.7 Å². The van der Waals surface area contributed by atoms with Crippen LogP contribution in [0.25, 0.3) is 11.2 Å². The molecule has 4 heterocycles. The number of rotatable bonds is 2. The van der Waals surface area contributed by atoms with Gasteiger partial charge in [0.15, 0.2) is 5.65 Å². The van der Waals surface area contributed by atoms with Crippen molar-refractivity contribution in [2.45, 2.75) is 25.3 Å². The van der Waals surface area contributed by atoms with Gasteiger partial charge in [0.2, 0.25) is 5.95 Å². The molecule has 0 unspecified atom stereocenters.